The van der Waals surface area contributed by atoms with Gasteiger partial charge < -0.3 is 10.0 Å². The summed E-state index contributed by atoms with van der Waals surface area (Å²) in [5, 5.41) is 14.1. The number of nitrogens with zero attached hydrogens (tertiary/aromatic N) is 1. The molecule has 0 aliphatic rings. The summed E-state index contributed by atoms with van der Waals surface area (Å²) in [6.07, 6.45) is 3.35. The van der Waals surface area contributed by atoms with Crippen LogP contribution in [0, 0.1) is 0 Å². The number of hydrogen-bond donors (Lipinski definition) is 2. The Morgan fingerprint density at radius 1 is 1.40 bits per heavy atom. The summed E-state index contributed by atoms with van der Waals surface area (Å²) in [5.74, 6) is -0.107. The standard InChI is InChI=1S/C13H20N2O3S2/c1-4-5-6-7-19-9-8-20-11(10(9)12(16)17)14-13(18)15(2)3/h8H,4-7H2,1-3H3,(H,14,18)(H,16,17). The van der Waals surface area contributed by atoms with Gasteiger partial charge in [-0.3, -0.25) is 5.32 Å². The second-order valence-electron chi connectivity index (χ2n) is 4.49. The fraction of sp³-hybridized carbons (Fsp3) is 0.538. The highest BCUT2D eigenvalue weighted by molar-refractivity contribution is 7.99. The Kier molecular flexibility index (Phi) is 6.87. The Balaban J connectivity index is 2.79. The average Bonchev–Trinajstić information content (AvgIpc) is 2.77. The molecule has 2 N–H and O–H groups in total. The summed E-state index contributed by atoms with van der Waals surface area (Å²) in [7, 11) is 3.23. The maximum absolute atomic E-state index is 11.6. The number of carboxylic acids is 1. The van der Waals surface area contributed by atoms with Gasteiger partial charge in [0, 0.05) is 24.4 Å². The molecule has 0 aromatic carbocycles. The highest BCUT2D eigenvalue weighted by atomic mass is 32.2. The van der Waals surface area contributed by atoms with Gasteiger partial charge in [-0.25, -0.2) is 9.59 Å². The van der Waals surface area contributed by atoms with Gasteiger partial charge in [-0.15, -0.1) is 23.1 Å². The molecule has 1 aromatic rings. The van der Waals surface area contributed by atoms with E-state index < -0.39 is 5.97 Å². The normalized spacial score (nSPS) is 10.3. The van der Waals surface area contributed by atoms with Crippen LogP contribution in [0.3, 0.4) is 0 Å². The summed E-state index contributed by atoms with van der Waals surface area (Å²) in [5.41, 5.74) is 0.201. The fourth-order valence-electron chi connectivity index (χ4n) is 1.49. The summed E-state index contributed by atoms with van der Waals surface area (Å²) in [4.78, 5) is 25.1. The van der Waals surface area contributed by atoms with E-state index in [2.05, 4.69) is 12.2 Å². The van der Waals surface area contributed by atoms with E-state index >= 15 is 0 Å². The van der Waals surface area contributed by atoms with Crippen LogP contribution < -0.4 is 5.32 Å². The molecule has 7 heteroatoms. The van der Waals surface area contributed by atoms with E-state index in [4.69, 9.17) is 0 Å². The Labute approximate surface area is 127 Å². The van der Waals surface area contributed by atoms with Crippen molar-refractivity contribution in [1.82, 2.24) is 4.90 Å². The molecule has 20 heavy (non-hydrogen) atoms. The minimum absolute atomic E-state index is 0.201. The number of amides is 2. The van der Waals surface area contributed by atoms with Crippen molar-refractivity contribution in [1.29, 1.82) is 0 Å². The van der Waals surface area contributed by atoms with Gasteiger partial charge in [0.25, 0.3) is 0 Å². The zero-order valence-electron chi connectivity index (χ0n) is 11.9. The first kappa shape index (κ1) is 16.8. The van der Waals surface area contributed by atoms with Crippen LogP contribution in [0.1, 0.15) is 36.5 Å². The fourth-order valence-corrected chi connectivity index (χ4v) is 3.67. The first-order valence-electron chi connectivity index (χ1n) is 6.43. The minimum Gasteiger partial charge on any atom is -0.478 e. The molecule has 0 aliphatic heterocycles. The number of carboxylic acid groups (broad SMARTS) is 1. The number of thiophene rings is 1. The minimum atomic E-state index is -1.00. The van der Waals surface area contributed by atoms with E-state index in [-0.39, 0.29) is 11.6 Å². The molecule has 0 saturated carbocycles. The first-order chi connectivity index (χ1) is 9.47. The van der Waals surface area contributed by atoms with Gasteiger partial charge >= 0.3 is 12.0 Å². The Bertz CT molecular complexity index is 472. The van der Waals surface area contributed by atoms with Gasteiger partial charge in [0.15, 0.2) is 0 Å². The number of thioether (sulfide) groups is 1. The van der Waals surface area contributed by atoms with Crippen LogP contribution in [0.4, 0.5) is 9.80 Å². The molecule has 5 nitrogen and oxygen atoms in total. The predicted octanol–water partition coefficient (Wildman–Crippen LogP) is 3.82. The van der Waals surface area contributed by atoms with E-state index in [9.17, 15) is 14.7 Å². The van der Waals surface area contributed by atoms with Gasteiger partial charge in [0.2, 0.25) is 0 Å². The van der Waals surface area contributed by atoms with Crippen LogP contribution in [0.5, 0.6) is 0 Å². The van der Waals surface area contributed by atoms with E-state index in [0.29, 0.717) is 5.00 Å². The topological polar surface area (TPSA) is 69.6 Å². The Morgan fingerprint density at radius 2 is 2.10 bits per heavy atom. The molecule has 0 saturated heterocycles. The molecule has 0 aliphatic carbocycles. The van der Waals surface area contributed by atoms with Crippen molar-refractivity contribution in [3.63, 3.8) is 0 Å². The van der Waals surface area contributed by atoms with Gasteiger partial charge in [-0.2, -0.15) is 0 Å². The maximum atomic E-state index is 11.6. The molecule has 0 radical (unpaired) electrons. The van der Waals surface area contributed by atoms with Crippen LogP contribution in [0.15, 0.2) is 10.3 Å². The third-order valence-corrected chi connectivity index (χ3v) is 4.77. The molecule has 0 atom stereocenters. The monoisotopic (exact) mass is 316 g/mol. The van der Waals surface area contributed by atoms with Crippen molar-refractivity contribution in [3.05, 3.63) is 10.9 Å². The molecule has 1 heterocycles. The lowest BCUT2D eigenvalue weighted by Crippen LogP contribution is -2.27. The van der Waals surface area contributed by atoms with Gasteiger partial charge in [0.1, 0.15) is 10.6 Å². The number of carbonyl (C=O) groups is 2. The van der Waals surface area contributed by atoms with Crippen molar-refractivity contribution in [3.8, 4) is 0 Å². The number of anilines is 1. The largest absolute Gasteiger partial charge is 0.478 e. The molecule has 112 valence electrons. The quantitative estimate of drug-likeness (QED) is 0.592. The third-order valence-electron chi connectivity index (χ3n) is 2.60. The molecule has 1 rings (SSSR count). The van der Waals surface area contributed by atoms with Crippen LogP contribution in [-0.2, 0) is 0 Å². The number of unbranched alkanes of at least 4 members (excludes halogenated alkanes) is 2. The second kappa shape index (κ2) is 8.16. The maximum Gasteiger partial charge on any atom is 0.339 e. The highest BCUT2D eigenvalue weighted by Gasteiger charge is 2.20. The molecule has 0 unspecified atom stereocenters. The summed E-state index contributed by atoms with van der Waals surface area (Å²) in [6, 6.07) is -0.322. The lowest BCUT2D eigenvalue weighted by atomic mass is 10.3. The molecule has 2 amide bonds. The van der Waals surface area contributed by atoms with Crippen LogP contribution in [0.25, 0.3) is 0 Å². The zero-order chi connectivity index (χ0) is 15.1. The number of nitrogens with one attached hydrogen (secondary N) is 1. The zero-order valence-corrected chi connectivity index (χ0v) is 13.6. The van der Waals surface area contributed by atoms with Crippen LogP contribution in [-0.4, -0.2) is 41.9 Å². The van der Waals surface area contributed by atoms with E-state index in [1.165, 1.54) is 28.0 Å². The second-order valence-corrected chi connectivity index (χ2v) is 6.51. The average molecular weight is 316 g/mol. The number of rotatable bonds is 7. The molecule has 0 bridgehead atoms. The van der Waals surface area contributed by atoms with E-state index in [1.54, 1.807) is 19.5 Å². The SMILES string of the molecule is CCCCCSc1csc(NC(=O)N(C)C)c1C(=O)O. The molecule has 1 aromatic heterocycles. The van der Waals surface area contributed by atoms with Crippen molar-refractivity contribution in [2.45, 2.75) is 31.1 Å². The van der Waals surface area contributed by atoms with Crippen molar-refractivity contribution >= 4 is 40.1 Å². The molecule has 0 fully saturated rings. The van der Waals surface area contributed by atoms with Gasteiger partial charge in [-0.05, 0) is 12.2 Å². The van der Waals surface area contributed by atoms with Crippen molar-refractivity contribution in [2.75, 3.05) is 25.2 Å². The van der Waals surface area contributed by atoms with Gasteiger partial charge in [-0.1, -0.05) is 19.8 Å². The van der Waals surface area contributed by atoms with Crippen molar-refractivity contribution < 1.29 is 14.7 Å². The van der Waals surface area contributed by atoms with Crippen LogP contribution in [0.2, 0.25) is 0 Å². The summed E-state index contributed by atoms with van der Waals surface area (Å²) >= 11 is 2.79. The van der Waals surface area contributed by atoms with Crippen LogP contribution >= 0.6 is 23.1 Å². The predicted molar refractivity (Wildman–Crippen MR) is 84.2 cm³/mol. The van der Waals surface area contributed by atoms with Gasteiger partial charge in [0.05, 0.1) is 0 Å². The summed E-state index contributed by atoms with van der Waals surface area (Å²) in [6.45, 7) is 2.13. The third kappa shape index (κ3) is 4.72. The lowest BCUT2D eigenvalue weighted by Gasteiger charge is -2.11. The van der Waals surface area contributed by atoms with E-state index in [1.807, 2.05) is 0 Å². The smallest absolute Gasteiger partial charge is 0.339 e. The Hall–Kier alpha value is -1.21. The molecular weight excluding hydrogens is 296 g/mol. The molecule has 0 spiro atoms. The number of carbonyl (C=O) groups excluding carboxylic acids is 1. The lowest BCUT2D eigenvalue weighted by molar-refractivity contribution is 0.0695. The Morgan fingerprint density at radius 3 is 2.65 bits per heavy atom. The number of aromatic carboxylic acids is 1. The van der Waals surface area contributed by atoms with E-state index in [0.717, 1.165) is 29.9 Å². The molecular formula is C13H20N2O3S2. The number of urea groups is 1. The summed E-state index contributed by atoms with van der Waals surface area (Å²) < 4.78 is 0. The number of hydrogen-bond acceptors (Lipinski definition) is 4. The first-order valence-corrected chi connectivity index (χ1v) is 8.29. The highest BCUT2D eigenvalue weighted by Crippen LogP contribution is 2.35. The van der Waals surface area contributed by atoms with Crippen molar-refractivity contribution in [2.24, 2.45) is 0 Å².